The minimum absolute atomic E-state index is 0.206. The van der Waals surface area contributed by atoms with Crippen molar-refractivity contribution in [1.29, 1.82) is 0 Å². The molecule has 2 rings (SSSR count). The Bertz CT molecular complexity index is 1090. The summed E-state index contributed by atoms with van der Waals surface area (Å²) in [5, 5.41) is 86.8. The van der Waals surface area contributed by atoms with Crippen LogP contribution in [0.25, 0.3) is 0 Å². The molecule has 0 aromatic heterocycles. The minimum atomic E-state index is -1.78. The van der Waals surface area contributed by atoms with Gasteiger partial charge in [-0.15, -0.1) is 0 Å². The van der Waals surface area contributed by atoms with Crippen molar-refractivity contribution >= 4 is 5.91 Å². The first-order chi connectivity index (χ1) is 31.1. The SMILES string of the molecule is CCCCCCCCCCCCCCCCCCCCCCC(O)C(COC1OC(CO)C(OC2OC(CO)C(O)C(O)C2O)C(O)C1O)NC(=O)CCCCCCCCCCCC. The van der Waals surface area contributed by atoms with Crippen molar-refractivity contribution in [2.75, 3.05) is 19.8 Å². The largest absolute Gasteiger partial charge is 0.394 e. The molecule has 0 aromatic carbocycles. The van der Waals surface area contributed by atoms with Crippen molar-refractivity contribution in [3.8, 4) is 0 Å². The molecule has 1 amide bonds. The number of aliphatic hydroxyl groups is 8. The Labute approximate surface area is 387 Å². The summed E-state index contributed by atoms with van der Waals surface area (Å²) in [4.78, 5) is 13.1. The summed E-state index contributed by atoms with van der Waals surface area (Å²) in [6, 6.07) is -0.820. The lowest BCUT2D eigenvalue weighted by molar-refractivity contribution is -0.359. The third-order valence-electron chi connectivity index (χ3n) is 13.3. The quantitative estimate of drug-likeness (QED) is 0.0282. The van der Waals surface area contributed by atoms with Crippen LogP contribution in [-0.4, -0.2) is 140 Å². The third-order valence-corrected chi connectivity index (χ3v) is 13.3. The zero-order chi connectivity index (χ0) is 46.8. The van der Waals surface area contributed by atoms with E-state index in [1.807, 2.05) is 0 Å². The second-order valence-corrected chi connectivity index (χ2v) is 19.0. The van der Waals surface area contributed by atoms with Crippen molar-refractivity contribution in [3.05, 3.63) is 0 Å². The molecule has 64 heavy (non-hydrogen) atoms. The van der Waals surface area contributed by atoms with Gasteiger partial charge in [0.25, 0.3) is 0 Å². The molecule has 0 bridgehead atoms. The molecule has 0 aliphatic carbocycles. The van der Waals surface area contributed by atoms with Gasteiger partial charge in [-0.25, -0.2) is 0 Å². The zero-order valence-electron chi connectivity index (χ0n) is 40.3. The van der Waals surface area contributed by atoms with E-state index in [1.54, 1.807) is 0 Å². The number of carbonyl (C=O) groups is 1. The summed E-state index contributed by atoms with van der Waals surface area (Å²) in [5.74, 6) is -0.206. The van der Waals surface area contributed by atoms with Gasteiger partial charge in [0.05, 0.1) is 32.0 Å². The van der Waals surface area contributed by atoms with Crippen LogP contribution in [0.15, 0.2) is 0 Å². The summed E-state index contributed by atoms with van der Waals surface area (Å²) >= 11 is 0. The highest BCUT2D eigenvalue weighted by Crippen LogP contribution is 2.30. The number of ether oxygens (including phenoxy) is 4. The first kappa shape index (κ1) is 59.1. The van der Waals surface area contributed by atoms with Gasteiger partial charge in [0.2, 0.25) is 5.91 Å². The van der Waals surface area contributed by atoms with E-state index >= 15 is 0 Å². The number of aliphatic hydroxyl groups excluding tert-OH is 8. The van der Waals surface area contributed by atoms with Gasteiger partial charge in [0, 0.05) is 6.42 Å². The lowest BCUT2D eigenvalue weighted by atomic mass is 9.97. The first-order valence-electron chi connectivity index (χ1n) is 26.3. The van der Waals surface area contributed by atoms with Gasteiger partial charge >= 0.3 is 0 Å². The molecule has 12 unspecified atom stereocenters. The molecule has 0 spiro atoms. The number of carbonyl (C=O) groups excluding carboxylic acids is 1. The number of hydrogen-bond donors (Lipinski definition) is 9. The monoisotopic (exact) mass is 920 g/mol. The zero-order valence-corrected chi connectivity index (χ0v) is 40.3. The van der Waals surface area contributed by atoms with Crippen LogP contribution in [0.5, 0.6) is 0 Å². The Morgan fingerprint density at radius 2 is 0.891 bits per heavy atom. The van der Waals surface area contributed by atoms with Gasteiger partial charge in [-0.05, 0) is 12.8 Å². The fourth-order valence-corrected chi connectivity index (χ4v) is 9.00. The second-order valence-electron chi connectivity index (χ2n) is 19.0. The molecule has 14 nitrogen and oxygen atoms in total. The first-order valence-corrected chi connectivity index (χ1v) is 26.3. The number of amides is 1. The van der Waals surface area contributed by atoms with Crippen molar-refractivity contribution in [1.82, 2.24) is 5.32 Å². The lowest BCUT2D eigenvalue weighted by Crippen LogP contribution is -2.65. The molecule has 2 fully saturated rings. The van der Waals surface area contributed by atoms with Crippen molar-refractivity contribution in [2.24, 2.45) is 0 Å². The average molecular weight is 920 g/mol. The van der Waals surface area contributed by atoms with Gasteiger partial charge in [0.15, 0.2) is 12.6 Å². The highest BCUT2D eigenvalue weighted by atomic mass is 16.7. The Hall–Kier alpha value is -1.01. The van der Waals surface area contributed by atoms with Crippen LogP contribution in [0.3, 0.4) is 0 Å². The van der Waals surface area contributed by atoms with E-state index in [0.29, 0.717) is 12.8 Å². The van der Waals surface area contributed by atoms with Gasteiger partial charge < -0.3 is 65.1 Å². The number of nitrogens with one attached hydrogen (secondary N) is 1. The van der Waals surface area contributed by atoms with Crippen molar-refractivity contribution < 1.29 is 64.6 Å². The molecule has 2 saturated heterocycles. The van der Waals surface area contributed by atoms with E-state index in [9.17, 15) is 45.6 Å². The van der Waals surface area contributed by atoms with E-state index in [4.69, 9.17) is 18.9 Å². The predicted octanol–water partition coefficient (Wildman–Crippen LogP) is 7.00. The van der Waals surface area contributed by atoms with E-state index < -0.39 is 86.8 Å². The minimum Gasteiger partial charge on any atom is -0.394 e. The smallest absolute Gasteiger partial charge is 0.220 e. The summed E-state index contributed by atoms with van der Waals surface area (Å²) < 4.78 is 22.7. The van der Waals surface area contributed by atoms with Gasteiger partial charge in [-0.3, -0.25) is 4.79 Å². The molecule has 9 N–H and O–H groups in total. The summed E-state index contributed by atoms with van der Waals surface area (Å²) in [5.41, 5.74) is 0. The molecular weight excluding hydrogens is 823 g/mol. The molecule has 380 valence electrons. The lowest BCUT2D eigenvalue weighted by Gasteiger charge is -2.46. The molecule has 14 heteroatoms. The molecule has 12 atom stereocenters. The molecular formula is C50H97NO13. The topological polar surface area (TPSA) is 228 Å². The molecule has 2 aliphatic heterocycles. The van der Waals surface area contributed by atoms with Crippen LogP contribution in [0.2, 0.25) is 0 Å². The normalized spacial score (nSPS) is 27.2. The Morgan fingerprint density at radius 3 is 1.33 bits per heavy atom. The average Bonchev–Trinajstić information content (AvgIpc) is 3.29. The Morgan fingerprint density at radius 1 is 0.500 bits per heavy atom. The van der Waals surface area contributed by atoms with Crippen LogP contribution in [-0.2, 0) is 23.7 Å². The maximum Gasteiger partial charge on any atom is 0.220 e. The predicted molar refractivity (Wildman–Crippen MR) is 249 cm³/mol. The highest BCUT2D eigenvalue weighted by Gasteiger charge is 2.51. The molecule has 0 radical (unpaired) electrons. The number of unbranched alkanes of at least 4 members (excludes halogenated alkanes) is 28. The van der Waals surface area contributed by atoms with Crippen molar-refractivity contribution in [3.63, 3.8) is 0 Å². The van der Waals surface area contributed by atoms with Crippen LogP contribution in [0, 0.1) is 0 Å². The van der Waals surface area contributed by atoms with Crippen LogP contribution >= 0.6 is 0 Å². The van der Waals surface area contributed by atoms with Gasteiger partial charge in [-0.2, -0.15) is 0 Å². The second kappa shape index (κ2) is 37.9. The Balaban J connectivity index is 1.78. The molecule has 2 aliphatic rings. The maximum absolute atomic E-state index is 13.1. The number of rotatable bonds is 41. The van der Waals surface area contributed by atoms with Gasteiger partial charge in [0.1, 0.15) is 48.8 Å². The molecule has 0 aromatic rings. The van der Waals surface area contributed by atoms with Crippen LogP contribution in [0.4, 0.5) is 0 Å². The van der Waals surface area contributed by atoms with E-state index in [-0.39, 0.29) is 12.5 Å². The van der Waals surface area contributed by atoms with Crippen LogP contribution < -0.4 is 5.32 Å². The standard InChI is InChI=1S/C50H97NO13/c1-3-5-7-9-11-13-15-16-17-18-19-20-21-22-23-24-25-27-29-31-33-39(54)38(51-42(55)34-32-30-28-26-14-12-10-8-6-4-2)37-61-49-47(60)45(58)48(41(36-53)63-49)64-50-46(59)44(57)43(56)40(35-52)62-50/h38-41,43-50,52-54,56-60H,3-37H2,1-2H3,(H,51,55). The molecule has 2 heterocycles. The summed E-state index contributed by atoms with van der Waals surface area (Å²) in [7, 11) is 0. The fourth-order valence-electron chi connectivity index (χ4n) is 9.00. The van der Waals surface area contributed by atoms with E-state index in [0.717, 1.165) is 51.4 Å². The maximum atomic E-state index is 13.1. The van der Waals surface area contributed by atoms with Gasteiger partial charge in [-0.1, -0.05) is 200 Å². The van der Waals surface area contributed by atoms with Crippen molar-refractivity contribution in [2.45, 2.75) is 293 Å². The molecule has 0 saturated carbocycles. The van der Waals surface area contributed by atoms with Crippen LogP contribution in [0.1, 0.15) is 219 Å². The third kappa shape index (κ3) is 24.8. The Kier molecular flexibility index (Phi) is 35.0. The fraction of sp³-hybridized carbons (Fsp3) is 0.980. The van der Waals surface area contributed by atoms with E-state index in [2.05, 4.69) is 19.2 Å². The van der Waals surface area contributed by atoms with E-state index in [1.165, 1.54) is 141 Å². The number of hydrogen-bond acceptors (Lipinski definition) is 13. The summed E-state index contributed by atoms with van der Waals surface area (Å²) in [6.07, 6.45) is 21.1. The highest BCUT2D eigenvalue weighted by molar-refractivity contribution is 5.76. The summed E-state index contributed by atoms with van der Waals surface area (Å²) in [6.45, 7) is 2.85.